The fourth-order valence-electron chi connectivity index (χ4n) is 9.10. The quantitative estimate of drug-likeness (QED) is 0.460. The molecule has 0 aromatic carbocycles. The number of fused-ring (bicyclic) bond motifs is 5. The Morgan fingerprint density at radius 1 is 1.03 bits per heavy atom. The minimum Gasteiger partial charge on any atom is -0.463 e. The van der Waals surface area contributed by atoms with Crippen LogP contribution in [-0.4, -0.2) is 24.0 Å². The number of hydrogen-bond donors (Lipinski definition) is 1. The molecule has 4 nitrogen and oxygen atoms in total. The zero-order chi connectivity index (χ0) is 24.0. The van der Waals surface area contributed by atoms with Crippen molar-refractivity contribution in [1.82, 2.24) is 5.32 Å². The van der Waals surface area contributed by atoms with Gasteiger partial charge in [-0.2, -0.15) is 0 Å². The number of hydrogen-bond acceptors (Lipinski definition) is 3. The fourth-order valence-corrected chi connectivity index (χ4v) is 9.10. The van der Waals surface area contributed by atoms with Crippen molar-refractivity contribution in [1.29, 1.82) is 0 Å². The van der Waals surface area contributed by atoms with Crippen LogP contribution in [0.2, 0.25) is 0 Å². The third-order valence-electron chi connectivity index (χ3n) is 10.9. The van der Waals surface area contributed by atoms with Crippen LogP contribution in [0.3, 0.4) is 0 Å². The van der Waals surface area contributed by atoms with Crippen LogP contribution in [0.5, 0.6) is 0 Å². The molecule has 4 heteroatoms. The smallest absolute Gasteiger partial charge is 0.302 e. The maximum atomic E-state index is 13.2. The van der Waals surface area contributed by atoms with Gasteiger partial charge in [0.2, 0.25) is 5.91 Å². The molecule has 33 heavy (non-hydrogen) atoms. The minimum absolute atomic E-state index is 0.0127. The standard InChI is InChI=1S/C29H49NO3/c1-18(2)8-7-9-19(3)23-10-11-24-27-25(13-15-29(23,24)6)28(5)14-12-22(33-20(4)31)16-21(28)17-26(32)30-27/h18-19,21-25,27H,7-17H2,1-6H3,(H,30,32)/t19-,21-,22+,23-,24+,25+,27+,28+,29-/m1/s1. The van der Waals surface area contributed by atoms with Gasteiger partial charge in [-0.1, -0.05) is 53.9 Å². The lowest BCUT2D eigenvalue weighted by Gasteiger charge is -2.56. The Bertz CT molecular complexity index is 734. The number of carbonyl (C=O) groups excluding carboxylic acids is 2. The van der Waals surface area contributed by atoms with Gasteiger partial charge >= 0.3 is 5.97 Å². The third-order valence-corrected chi connectivity index (χ3v) is 10.9. The summed E-state index contributed by atoms with van der Waals surface area (Å²) in [6.07, 6.45) is 12.6. The highest BCUT2D eigenvalue weighted by Crippen LogP contribution is 2.64. The molecule has 1 N–H and O–H groups in total. The van der Waals surface area contributed by atoms with Gasteiger partial charge in [0.15, 0.2) is 0 Å². The van der Waals surface area contributed by atoms with Crippen molar-refractivity contribution < 1.29 is 14.3 Å². The molecular weight excluding hydrogens is 410 g/mol. The molecule has 0 spiro atoms. The van der Waals surface area contributed by atoms with Gasteiger partial charge in [-0.05, 0) is 91.3 Å². The second-order valence-electron chi connectivity index (χ2n) is 13.2. The first-order chi connectivity index (χ1) is 15.5. The molecule has 0 radical (unpaired) electrons. The second-order valence-corrected chi connectivity index (χ2v) is 13.2. The number of amides is 1. The predicted octanol–water partition coefficient (Wildman–Crippen LogP) is 6.52. The Morgan fingerprint density at radius 2 is 1.73 bits per heavy atom. The largest absolute Gasteiger partial charge is 0.463 e. The van der Waals surface area contributed by atoms with Crippen LogP contribution in [0.25, 0.3) is 0 Å². The molecule has 0 unspecified atom stereocenters. The van der Waals surface area contributed by atoms with Crippen molar-refractivity contribution in [3.05, 3.63) is 0 Å². The summed E-state index contributed by atoms with van der Waals surface area (Å²) >= 11 is 0. The Kier molecular flexibility index (Phi) is 7.23. The summed E-state index contributed by atoms with van der Waals surface area (Å²) in [7, 11) is 0. The van der Waals surface area contributed by atoms with E-state index in [1.165, 1.54) is 51.9 Å². The minimum atomic E-state index is -0.188. The van der Waals surface area contributed by atoms with Crippen LogP contribution < -0.4 is 5.32 Å². The molecule has 1 heterocycles. The molecule has 3 aliphatic carbocycles. The summed E-state index contributed by atoms with van der Waals surface area (Å²) in [5.41, 5.74) is 0.527. The molecule has 4 rings (SSSR count). The van der Waals surface area contributed by atoms with Crippen molar-refractivity contribution in [2.75, 3.05) is 0 Å². The lowest BCUT2D eigenvalue weighted by molar-refractivity contribution is -0.152. The van der Waals surface area contributed by atoms with E-state index in [1.54, 1.807) is 0 Å². The van der Waals surface area contributed by atoms with Crippen LogP contribution in [-0.2, 0) is 14.3 Å². The predicted molar refractivity (Wildman–Crippen MR) is 132 cm³/mol. The van der Waals surface area contributed by atoms with Gasteiger partial charge in [0.05, 0.1) is 0 Å². The lowest BCUT2D eigenvalue weighted by atomic mass is 9.50. The summed E-state index contributed by atoms with van der Waals surface area (Å²) in [6.45, 7) is 13.7. The number of carbonyl (C=O) groups is 2. The van der Waals surface area contributed by atoms with Gasteiger partial charge in [0.1, 0.15) is 6.10 Å². The Balaban J connectivity index is 1.51. The average molecular weight is 460 g/mol. The Labute approximate surface area is 202 Å². The van der Waals surface area contributed by atoms with Crippen molar-refractivity contribution >= 4 is 11.9 Å². The van der Waals surface area contributed by atoms with Gasteiger partial charge in [-0.15, -0.1) is 0 Å². The maximum absolute atomic E-state index is 13.2. The molecule has 4 fully saturated rings. The van der Waals surface area contributed by atoms with Crippen molar-refractivity contribution in [3.63, 3.8) is 0 Å². The maximum Gasteiger partial charge on any atom is 0.302 e. The van der Waals surface area contributed by atoms with E-state index >= 15 is 0 Å². The molecular formula is C29H49NO3. The average Bonchev–Trinajstić information content (AvgIpc) is 3.02. The molecule has 0 bridgehead atoms. The molecule has 0 aromatic rings. The summed E-state index contributed by atoms with van der Waals surface area (Å²) < 4.78 is 5.60. The highest BCUT2D eigenvalue weighted by atomic mass is 16.5. The topological polar surface area (TPSA) is 55.4 Å². The second kappa shape index (κ2) is 9.53. The zero-order valence-corrected chi connectivity index (χ0v) is 22.1. The monoisotopic (exact) mass is 459 g/mol. The molecule has 1 amide bonds. The van der Waals surface area contributed by atoms with E-state index in [1.807, 2.05) is 0 Å². The number of ether oxygens (including phenoxy) is 1. The molecule has 3 saturated carbocycles. The Hall–Kier alpha value is -1.06. The normalized spacial score (nSPS) is 43.7. The Morgan fingerprint density at radius 3 is 2.42 bits per heavy atom. The van der Waals surface area contributed by atoms with Gasteiger partial charge in [-0.25, -0.2) is 0 Å². The number of nitrogens with one attached hydrogen (secondary N) is 1. The van der Waals surface area contributed by atoms with E-state index in [2.05, 4.69) is 39.9 Å². The van der Waals surface area contributed by atoms with Gasteiger partial charge in [0.25, 0.3) is 0 Å². The van der Waals surface area contributed by atoms with Crippen LogP contribution in [0.15, 0.2) is 0 Å². The van der Waals surface area contributed by atoms with Crippen LogP contribution >= 0.6 is 0 Å². The first kappa shape index (κ1) is 25.0. The van der Waals surface area contributed by atoms with E-state index in [0.717, 1.165) is 37.0 Å². The summed E-state index contributed by atoms with van der Waals surface area (Å²) in [4.78, 5) is 24.7. The zero-order valence-electron chi connectivity index (χ0n) is 22.1. The van der Waals surface area contributed by atoms with E-state index in [-0.39, 0.29) is 23.4 Å². The fraction of sp³-hybridized carbons (Fsp3) is 0.931. The van der Waals surface area contributed by atoms with Gasteiger partial charge in [-0.3, -0.25) is 9.59 Å². The molecule has 1 saturated heterocycles. The SMILES string of the molecule is CC(=O)O[C@H]1CC[C@@]2(C)[C@@H](CC(=O)N[C@@H]3[C@@H]2CC[C@]2(C)[C@@H]([C@H](C)CCCC(C)C)CC[C@@H]32)C1. The van der Waals surface area contributed by atoms with Crippen molar-refractivity contribution in [2.24, 2.45) is 46.3 Å². The highest BCUT2D eigenvalue weighted by Gasteiger charge is 2.60. The molecule has 1 aliphatic heterocycles. The van der Waals surface area contributed by atoms with E-state index in [4.69, 9.17) is 4.74 Å². The summed E-state index contributed by atoms with van der Waals surface area (Å²) in [5.74, 6) is 3.90. The van der Waals surface area contributed by atoms with Crippen LogP contribution in [0, 0.1) is 46.3 Å². The molecule has 0 aromatic heterocycles. The van der Waals surface area contributed by atoms with Gasteiger partial charge in [0, 0.05) is 19.4 Å². The summed E-state index contributed by atoms with van der Waals surface area (Å²) in [5, 5.41) is 3.59. The molecule has 4 aliphatic rings. The van der Waals surface area contributed by atoms with Gasteiger partial charge < -0.3 is 10.1 Å². The van der Waals surface area contributed by atoms with Crippen LogP contribution in [0.1, 0.15) is 112 Å². The first-order valence-corrected chi connectivity index (χ1v) is 14.0. The number of esters is 1. The molecule has 9 atom stereocenters. The third kappa shape index (κ3) is 4.74. The first-order valence-electron chi connectivity index (χ1n) is 14.0. The summed E-state index contributed by atoms with van der Waals surface area (Å²) in [6, 6.07) is 0.324. The van der Waals surface area contributed by atoms with Crippen molar-refractivity contribution in [3.8, 4) is 0 Å². The van der Waals surface area contributed by atoms with E-state index in [9.17, 15) is 9.59 Å². The van der Waals surface area contributed by atoms with E-state index in [0.29, 0.717) is 35.6 Å². The molecule has 188 valence electrons. The van der Waals surface area contributed by atoms with Crippen LogP contribution in [0.4, 0.5) is 0 Å². The lowest BCUT2D eigenvalue weighted by Crippen LogP contribution is -2.57. The highest BCUT2D eigenvalue weighted by molar-refractivity contribution is 5.77. The number of rotatable bonds is 6. The van der Waals surface area contributed by atoms with Crippen molar-refractivity contribution in [2.45, 2.75) is 124 Å². The van der Waals surface area contributed by atoms with E-state index < -0.39 is 0 Å².